The molecule has 0 atom stereocenters. The molecule has 0 aliphatic heterocycles. The smallest absolute Gasteiger partial charge is 0.256 e. The average molecular weight is 327 g/mol. The Morgan fingerprint density at radius 3 is 2.58 bits per heavy atom. The number of rotatable bonds is 7. The summed E-state index contributed by atoms with van der Waals surface area (Å²) in [4.78, 5) is 24.5. The molecule has 0 saturated heterocycles. The summed E-state index contributed by atoms with van der Waals surface area (Å²) >= 11 is 0. The van der Waals surface area contributed by atoms with Gasteiger partial charge in [0, 0.05) is 42.8 Å². The second kappa shape index (κ2) is 8.34. The van der Waals surface area contributed by atoms with Crippen molar-refractivity contribution in [1.29, 1.82) is 0 Å². The highest BCUT2D eigenvalue weighted by molar-refractivity contribution is 6.22. The molecule has 2 amide bonds. The molecule has 1 heterocycles. The molecule has 2 N–H and O–H groups in total. The van der Waals surface area contributed by atoms with Crippen molar-refractivity contribution in [3.05, 3.63) is 41.6 Å². The van der Waals surface area contributed by atoms with Gasteiger partial charge in [0.25, 0.3) is 11.8 Å². The maximum absolute atomic E-state index is 12.4. The maximum atomic E-state index is 12.4. The third-order valence-electron chi connectivity index (χ3n) is 3.99. The van der Waals surface area contributed by atoms with Crippen LogP contribution >= 0.6 is 0 Å². The van der Waals surface area contributed by atoms with Gasteiger partial charge in [-0.15, -0.1) is 0 Å². The Morgan fingerprint density at radius 1 is 1.17 bits per heavy atom. The Kier molecular flexibility index (Phi) is 6.18. The molecule has 5 heteroatoms. The Bertz CT molecular complexity index is 759. The quantitative estimate of drug-likeness (QED) is 0.355. The largest absolute Gasteiger partial charge is 0.355 e. The lowest BCUT2D eigenvalue weighted by Gasteiger charge is -2.07. The van der Waals surface area contributed by atoms with E-state index >= 15 is 0 Å². The molecule has 0 radical (unpaired) electrons. The summed E-state index contributed by atoms with van der Waals surface area (Å²) in [6.07, 6.45) is 5.53. The van der Waals surface area contributed by atoms with Crippen LogP contribution in [0.1, 0.15) is 32.3 Å². The number of carbonyl (C=O) groups excluding carboxylic acids is 2. The number of nitrogens with one attached hydrogen (secondary N) is 2. The van der Waals surface area contributed by atoms with Crippen LogP contribution in [0.5, 0.6) is 0 Å². The van der Waals surface area contributed by atoms with Gasteiger partial charge < -0.3 is 15.2 Å². The fourth-order valence-electron chi connectivity index (χ4n) is 2.65. The molecule has 0 unspecified atom stereocenters. The fourth-order valence-corrected chi connectivity index (χ4v) is 2.65. The number of carbonyl (C=O) groups is 2. The number of aromatic nitrogens is 1. The molecule has 5 nitrogen and oxygen atoms in total. The van der Waals surface area contributed by atoms with Crippen LogP contribution < -0.4 is 10.6 Å². The van der Waals surface area contributed by atoms with E-state index in [2.05, 4.69) is 29.0 Å². The van der Waals surface area contributed by atoms with E-state index < -0.39 is 0 Å². The van der Waals surface area contributed by atoms with Gasteiger partial charge in [0.05, 0.1) is 0 Å². The third kappa shape index (κ3) is 3.85. The normalized spacial score (nSPS) is 11.5. The predicted molar refractivity (Wildman–Crippen MR) is 97.6 cm³/mol. The molecule has 0 saturated carbocycles. The van der Waals surface area contributed by atoms with E-state index in [-0.39, 0.29) is 17.4 Å². The van der Waals surface area contributed by atoms with Crippen molar-refractivity contribution in [3.63, 3.8) is 0 Å². The summed E-state index contributed by atoms with van der Waals surface area (Å²) in [7, 11) is 1.53. The predicted octanol–water partition coefficient (Wildman–Crippen LogP) is 2.71. The molecular formula is C19H25N3O2. The summed E-state index contributed by atoms with van der Waals surface area (Å²) < 4.78 is 2.11. The fraction of sp³-hybridized carbons (Fsp3) is 0.368. The zero-order valence-corrected chi connectivity index (χ0v) is 14.6. The molecular weight excluding hydrogens is 302 g/mol. The first kappa shape index (κ1) is 17.8. The van der Waals surface area contributed by atoms with Crippen molar-refractivity contribution < 1.29 is 9.59 Å². The van der Waals surface area contributed by atoms with Gasteiger partial charge in [0.1, 0.15) is 5.57 Å². The number of nitrogens with zero attached hydrogens (tertiary/aromatic N) is 1. The van der Waals surface area contributed by atoms with E-state index in [1.165, 1.54) is 7.05 Å². The molecule has 24 heavy (non-hydrogen) atoms. The van der Waals surface area contributed by atoms with Crippen LogP contribution in [0.4, 0.5) is 0 Å². The molecule has 2 rings (SSSR count). The van der Waals surface area contributed by atoms with Gasteiger partial charge in [-0.1, -0.05) is 31.5 Å². The number of para-hydroxylation sites is 1. The summed E-state index contributed by atoms with van der Waals surface area (Å²) in [5.74, 6) is -0.714. The zero-order valence-electron chi connectivity index (χ0n) is 14.6. The van der Waals surface area contributed by atoms with E-state index in [4.69, 9.17) is 0 Å². The minimum Gasteiger partial charge on any atom is -0.355 e. The number of unbranched alkanes of at least 4 members (excludes halogenated alkanes) is 1. The molecule has 0 aliphatic carbocycles. The van der Waals surface area contributed by atoms with Crippen molar-refractivity contribution in [2.24, 2.45) is 0 Å². The monoisotopic (exact) mass is 327 g/mol. The Morgan fingerprint density at radius 2 is 1.92 bits per heavy atom. The van der Waals surface area contributed by atoms with Crippen LogP contribution in [-0.2, 0) is 16.1 Å². The lowest BCUT2D eigenvalue weighted by atomic mass is 10.1. The summed E-state index contributed by atoms with van der Waals surface area (Å²) in [5, 5.41) is 6.39. The summed E-state index contributed by atoms with van der Waals surface area (Å²) in [6, 6.07) is 7.99. The number of amides is 2. The molecule has 0 fully saturated rings. The SMILES string of the molecule is CCCCNC(=O)/C(=C/c1cn(CC)c2ccccc12)C(=O)NC. The number of likely N-dealkylation sites (N-methyl/N-ethyl adjacent to an activating group) is 1. The van der Waals surface area contributed by atoms with Gasteiger partial charge in [-0.2, -0.15) is 0 Å². The Labute approximate surface area is 142 Å². The maximum Gasteiger partial charge on any atom is 0.256 e. The van der Waals surface area contributed by atoms with Gasteiger partial charge in [-0.25, -0.2) is 0 Å². The zero-order chi connectivity index (χ0) is 17.5. The van der Waals surface area contributed by atoms with Crippen molar-refractivity contribution in [2.45, 2.75) is 33.2 Å². The Hall–Kier alpha value is -2.56. The second-order valence-electron chi connectivity index (χ2n) is 5.63. The van der Waals surface area contributed by atoms with Crippen molar-refractivity contribution in [3.8, 4) is 0 Å². The van der Waals surface area contributed by atoms with Crippen molar-refractivity contribution in [2.75, 3.05) is 13.6 Å². The molecule has 1 aromatic heterocycles. The molecule has 1 aromatic carbocycles. The standard InChI is InChI=1S/C19H25N3O2/c1-4-6-11-21-19(24)16(18(23)20-3)12-14-13-22(5-2)17-10-8-7-9-15(14)17/h7-10,12-13H,4-6,11H2,1-3H3,(H,20,23)(H,21,24)/b16-12+. The van der Waals surface area contributed by atoms with Gasteiger partial charge in [-0.05, 0) is 25.5 Å². The number of fused-ring (bicyclic) bond motifs is 1. The van der Waals surface area contributed by atoms with Crippen molar-refractivity contribution >= 4 is 28.8 Å². The summed E-state index contributed by atoms with van der Waals surface area (Å²) in [6.45, 7) is 5.52. The number of hydrogen-bond donors (Lipinski definition) is 2. The Balaban J connectivity index is 2.43. The van der Waals surface area contributed by atoms with Crippen LogP contribution in [0.3, 0.4) is 0 Å². The van der Waals surface area contributed by atoms with Crippen LogP contribution in [0.2, 0.25) is 0 Å². The first-order valence-electron chi connectivity index (χ1n) is 8.42. The lowest BCUT2D eigenvalue weighted by molar-refractivity contribution is -0.123. The van der Waals surface area contributed by atoms with Gasteiger partial charge in [0.15, 0.2) is 0 Å². The van der Waals surface area contributed by atoms with E-state index in [0.717, 1.165) is 35.9 Å². The third-order valence-corrected chi connectivity index (χ3v) is 3.99. The number of benzene rings is 1. The van der Waals surface area contributed by atoms with Crippen LogP contribution in [0.15, 0.2) is 36.0 Å². The molecule has 0 aliphatic rings. The highest BCUT2D eigenvalue weighted by Crippen LogP contribution is 2.23. The molecule has 0 bridgehead atoms. The van der Waals surface area contributed by atoms with Crippen LogP contribution in [-0.4, -0.2) is 30.0 Å². The van der Waals surface area contributed by atoms with Crippen molar-refractivity contribution in [1.82, 2.24) is 15.2 Å². The molecule has 0 spiro atoms. The van der Waals surface area contributed by atoms with Crippen LogP contribution in [0, 0.1) is 0 Å². The first-order valence-corrected chi connectivity index (χ1v) is 8.42. The van der Waals surface area contributed by atoms with Crippen LogP contribution in [0.25, 0.3) is 17.0 Å². The highest BCUT2D eigenvalue weighted by Gasteiger charge is 2.18. The topological polar surface area (TPSA) is 63.1 Å². The average Bonchev–Trinajstić information content (AvgIpc) is 2.97. The summed E-state index contributed by atoms with van der Waals surface area (Å²) in [5.41, 5.74) is 2.10. The lowest BCUT2D eigenvalue weighted by Crippen LogP contribution is -2.33. The van der Waals surface area contributed by atoms with E-state index in [0.29, 0.717) is 6.54 Å². The van der Waals surface area contributed by atoms with E-state index in [9.17, 15) is 9.59 Å². The number of hydrogen-bond acceptors (Lipinski definition) is 2. The molecule has 128 valence electrons. The number of aryl methyl sites for hydroxylation is 1. The highest BCUT2D eigenvalue weighted by atomic mass is 16.2. The minimum atomic E-state index is -0.377. The van der Waals surface area contributed by atoms with E-state index in [1.807, 2.05) is 30.5 Å². The van der Waals surface area contributed by atoms with Gasteiger partial charge in [-0.3, -0.25) is 9.59 Å². The first-order chi connectivity index (χ1) is 11.6. The van der Waals surface area contributed by atoms with Gasteiger partial charge >= 0.3 is 0 Å². The second-order valence-corrected chi connectivity index (χ2v) is 5.63. The van der Waals surface area contributed by atoms with Gasteiger partial charge in [0.2, 0.25) is 0 Å². The molecule has 2 aromatic rings. The van der Waals surface area contributed by atoms with E-state index in [1.54, 1.807) is 6.08 Å². The minimum absolute atomic E-state index is 0.132.